The molecule has 0 aliphatic heterocycles. The number of carbonyl (C=O) groups excluding carboxylic acids is 2. The summed E-state index contributed by atoms with van der Waals surface area (Å²) in [6.45, 7) is 7.04. The lowest BCUT2D eigenvalue weighted by molar-refractivity contribution is -0.131. The van der Waals surface area contributed by atoms with Crippen molar-refractivity contribution in [1.82, 2.24) is 10.9 Å². The van der Waals surface area contributed by atoms with E-state index in [0.29, 0.717) is 16.5 Å². The van der Waals surface area contributed by atoms with Crippen LogP contribution in [-0.4, -0.2) is 25.0 Å². The molecule has 2 rings (SSSR count). The Balaban J connectivity index is 1.77. The van der Waals surface area contributed by atoms with E-state index >= 15 is 0 Å². The first-order valence-corrected chi connectivity index (χ1v) is 9.71. The van der Waals surface area contributed by atoms with Gasteiger partial charge in [-0.15, -0.1) is 0 Å². The molecule has 0 saturated carbocycles. The summed E-state index contributed by atoms with van der Waals surface area (Å²) in [7, 11) is 0. The van der Waals surface area contributed by atoms with Gasteiger partial charge in [-0.25, -0.2) is 0 Å². The van der Waals surface area contributed by atoms with E-state index in [0.717, 1.165) is 26.7 Å². The number of hydrazine groups is 1. The second-order valence-corrected chi connectivity index (χ2v) is 7.71. The smallest absolute Gasteiger partial charge is 0.276 e. The number of benzene rings is 2. The second-order valence-electron chi connectivity index (χ2n) is 6.41. The molecule has 0 saturated heterocycles. The predicted octanol–water partition coefficient (Wildman–Crippen LogP) is 3.94. The highest BCUT2D eigenvalue weighted by molar-refractivity contribution is 9.10. The molecule has 0 aliphatic carbocycles. The first-order chi connectivity index (χ1) is 13.2. The average Bonchev–Trinajstić information content (AvgIpc) is 2.61. The van der Waals surface area contributed by atoms with E-state index in [9.17, 15) is 9.59 Å². The van der Waals surface area contributed by atoms with Crippen LogP contribution < -0.4 is 20.3 Å². The van der Waals surface area contributed by atoms with Crippen LogP contribution in [0.1, 0.15) is 22.3 Å². The zero-order valence-electron chi connectivity index (χ0n) is 16.1. The fourth-order valence-corrected chi connectivity index (χ4v) is 3.41. The van der Waals surface area contributed by atoms with E-state index in [1.165, 1.54) is 0 Å². The highest BCUT2D eigenvalue weighted by Crippen LogP contribution is 2.27. The molecule has 2 aromatic rings. The molecule has 0 fully saturated rings. The zero-order valence-corrected chi connectivity index (χ0v) is 18.5. The van der Waals surface area contributed by atoms with Crippen LogP contribution in [0.15, 0.2) is 28.7 Å². The molecule has 2 aromatic carbocycles. The fourth-order valence-electron chi connectivity index (χ4n) is 2.61. The molecule has 0 heterocycles. The van der Waals surface area contributed by atoms with Gasteiger partial charge in [0.25, 0.3) is 11.8 Å². The molecule has 0 bridgehead atoms. The van der Waals surface area contributed by atoms with Crippen molar-refractivity contribution in [3.63, 3.8) is 0 Å². The first-order valence-electron chi connectivity index (χ1n) is 8.54. The molecular formula is C20H22BrClN2O4. The Morgan fingerprint density at radius 2 is 1.32 bits per heavy atom. The molecule has 6 nitrogen and oxygen atoms in total. The lowest BCUT2D eigenvalue weighted by atomic mass is 10.1. The lowest BCUT2D eigenvalue weighted by Crippen LogP contribution is -2.45. The topological polar surface area (TPSA) is 76.7 Å². The number of ether oxygens (including phenoxy) is 2. The van der Waals surface area contributed by atoms with Crippen LogP contribution in [-0.2, 0) is 9.59 Å². The van der Waals surface area contributed by atoms with Gasteiger partial charge < -0.3 is 9.47 Å². The summed E-state index contributed by atoms with van der Waals surface area (Å²) < 4.78 is 11.9. The number of aryl methyl sites for hydroxylation is 4. The van der Waals surface area contributed by atoms with Crippen LogP contribution in [0.5, 0.6) is 11.5 Å². The Labute approximate surface area is 177 Å². The third-order valence-corrected chi connectivity index (χ3v) is 4.95. The zero-order chi connectivity index (χ0) is 20.8. The number of rotatable bonds is 6. The van der Waals surface area contributed by atoms with Crippen LogP contribution in [0.25, 0.3) is 0 Å². The quantitative estimate of drug-likeness (QED) is 0.628. The van der Waals surface area contributed by atoms with Gasteiger partial charge in [-0.3, -0.25) is 20.4 Å². The lowest BCUT2D eigenvalue weighted by Gasteiger charge is -2.13. The van der Waals surface area contributed by atoms with E-state index in [1.807, 2.05) is 39.8 Å². The van der Waals surface area contributed by atoms with Crippen LogP contribution in [0.4, 0.5) is 0 Å². The summed E-state index contributed by atoms with van der Waals surface area (Å²) in [6, 6.07) is 7.30. The molecule has 150 valence electrons. The summed E-state index contributed by atoms with van der Waals surface area (Å²) in [5, 5.41) is 0.667. The van der Waals surface area contributed by atoms with Crippen molar-refractivity contribution in [1.29, 1.82) is 0 Å². The summed E-state index contributed by atoms with van der Waals surface area (Å²) in [6.07, 6.45) is 0. The Morgan fingerprint density at radius 1 is 0.857 bits per heavy atom. The number of carbonyl (C=O) groups is 2. The Morgan fingerprint density at radius 3 is 1.82 bits per heavy atom. The first kappa shape index (κ1) is 22.0. The van der Waals surface area contributed by atoms with Gasteiger partial charge >= 0.3 is 0 Å². The number of halogens is 2. The third kappa shape index (κ3) is 6.14. The summed E-state index contributed by atoms with van der Waals surface area (Å²) in [5.74, 6) is 0.203. The minimum atomic E-state index is -0.491. The van der Waals surface area contributed by atoms with Crippen molar-refractivity contribution in [3.8, 4) is 11.5 Å². The largest absolute Gasteiger partial charge is 0.484 e. The maximum Gasteiger partial charge on any atom is 0.276 e. The van der Waals surface area contributed by atoms with E-state index in [2.05, 4.69) is 26.8 Å². The number of hydrogen-bond donors (Lipinski definition) is 2. The van der Waals surface area contributed by atoms with Crippen LogP contribution in [0, 0.1) is 27.7 Å². The molecule has 0 aliphatic rings. The van der Waals surface area contributed by atoms with E-state index in [-0.39, 0.29) is 13.2 Å². The molecular weight excluding hydrogens is 448 g/mol. The minimum absolute atomic E-state index is 0.222. The molecule has 0 spiro atoms. The van der Waals surface area contributed by atoms with E-state index in [4.69, 9.17) is 21.1 Å². The number of hydrogen-bond acceptors (Lipinski definition) is 4. The Bertz CT molecular complexity index is 856. The summed E-state index contributed by atoms with van der Waals surface area (Å²) >= 11 is 9.51. The molecule has 0 atom stereocenters. The van der Waals surface area contributed by atoms with Gasteiger partial charge in [0.05, 0.1) is 0 Å². The normalized spacial score (nSPS) is 10.4. The van der Waals surface area contributed by atoms with Gasteiger partial charge in [0, 0.05) is 9.50 Å². The molecule has 0 radical (unpaired) electrons. The fraction of sp³-hybridized carbons (Fsp3) is 0.300. The maximum absolute atomic E-state index is 11.9. The Kier molecular flexibility index (Phi) is 7.71. The summed E-state index contributed by atoms with van der Waals surface area (Å²) in [4.78, 5) is 23.8. The molecule has 2 N–H and O–H groups in total. The van der Waals surface area contributed by atoms with Crippen molar-refractivity contribution in [2.75, 3.05) is 13.2 Å². The maximum atomic E-state index is 11.9. The molecule has 28 heavy (non-hydrogen) atoms. The second kappa shape index (κ2) is 9.80. The molecule has 0 unspecified atom stereocenters. The highest BCUT2D eigenvalue weighted by atomic mass is 79.9. The van der Waals surface area contributed by atoms with Gasteiger partial charge in [-0.1, -0.05) is 27.5 Å². The van der Waals surface area contributed by atoms with Crippen LogP contribution in [0.3, 0.4) is 0 Å². The summed E-state index contributed by atoms with van der Waals surface area (Å²) in [5.41, 5.74) is 8.13. The van der Waals surface area contributed by atoms with Gasteiger partial charge in [0.1, 0.15) is 11.5 Å². The van der Waals surface area contributed by atoms with Crippen molar-refractivity contribution in [3.05, 3.63) is 56.0 Å². The molecule has 8 heteroatoms. The van der Waals surface area contributed by atoms with Crippen molar-refractivity contribution < 1.29 is 19.1 Å². The van der Waals surface area contributed by atoms with Gasteiger partial charge in [-0.05, 0) is 74.2 Å². The molecule has 0 aromatic heterocycles. The van der Waals surface area contributed by atoms with Gasteiger partial charge in [0.2, 0.25) is 0 Å². The van der Waals surface area contributed by atoms with Gasteiger partial charge in [0.15, 0.2) is 13.2 Å². The van der Waals surface area contributed by atoms with E-state index in [1.54, 1.807) is 12.1 Å². The van der Waals surface area contributed by atoms with Crippen LogP contribution in [0.2, 0.25) is 5.02 Å². The van der Waals surface area contributed by atoms with Crippen LogP contribution >= 0.6 is 27.5 Å². The SMILES string of the molecule is Cc1cc(OCC(=O)NNC(=O)COc2c(C)cc(Br)cc2C)cc(C)c1Cl. The monoisotopic (exact) mass is 468 g/mol. The number of nitrogens with one attached hydrogen (secondary N) is 2. The third-order valence-electron chi connectivity index (χ3n) is 3.89. The van der Waals surface area contributed by atoms with Crippen molar-refractivity contribution >= 4 is 39.3 Å². The average molecular weight is 470 g/mol. The van der Waals surface area contributed by atoms with Crippen molar-refractivity contribution in [2.24, 2.45) is 0 Å². The predicted molar refractivity (Wildman–Crippen MR) is 112 cm³/mol. The minimum Gasteiger partial charge on any atom is -0.484 e. The standard InChI is InChI=1S/C20H22BrClN2O4/c1-11-7-16(8-12(2)19(11)22)27-9-17(25)23-24-18(26)10-28-20-13(3)5-15(21)6-14(20)4/h5-8H,9-10H2,1-4H3,(H,23,25)(H,24,26). The van der Waals surface area contributed by atoms with E-state index < -0.39 is 11.8 Å². The van der Waals surface area contributed by atoms with Crippen molar-refractivity contribution in [2.45, 2.75) is 27.7 Å². The molecule has 2 amide bonds. The highest BCUT2D eigenvalue weighted by Gasteiger charge is 2.11. The Hall–Kier alpha value is -2.25. The number of amides is 2. The van der Waals surface area contributed by atoms with Gasteiger partial charge in [-0.2, -0.15) is 0 Å².